The Balaban J connectivity index is 0.00000208. The highest BCUT2D eigenvalue weighted by Crippen LogP contribution is 2.36. The zero-order chi connectivity index (χ0) is 16.4. The van der Waals surface area contributed by atoms with Crippen LogP contribution >= 0.6 is 0 Å². The summed E-state index contributed by atoms with van der Waals surface area (Å²) in [5.41, 5.74) is 0.202. The van der Waals surface area contributed by atoms with E-state index in [1.807, 2.05) is 0 Å². The van der Waals surface area contributed by atoms with Crippen molar-refractivity contribution in [2.24, 2.45) is 5.92 Å². The van der Waals surface area contributed by atoms with Crippen LogP contribution in [0, 0.1) is 5.92 Å². The molecule has 0 spiro atoms. The van der Waals surface area contributed by atoms with E-state index in [2.05, 4.69) is 11.5 Å². The lowest BCUT2D eigenvalue weighted by atomic mass is 9.76. The second-order valence-corrected chi connectivity index (χ2v) is 6.56. The molecule has 3 fully saturated rings. The highest BCUT2D eigenvalue weighted by molar-refractivity contribution is 5.88. The number of carboxylic acid groups (broad SMARTS) is 1. The lowest BCUT2D eigenvalue weighted by Gasteiger charge is -2.50. The van der Waals surface area contributed by atoms with Gasteiger partial charge >= 0.3 is 5.97 Å². The number of fused-ring (bicyclic) bond motifs is 3. The molecule has 4 rings (SSSR count). The van der Waals surface area contributed by atoms with Gasteiger partial charge in [-0.2, -0.15) is 0 Å². The van der Waals surface area contributed by atoms with Gasteiger partial charge in [0.1, 0.15) is 18.0 Å². The molecule has 127 valence electrons. The van der Waals surface area contributed by atoms with E-state index in [1.54, 1.807) is 18.2 Å². The van der Waals surface area contributed by atoms with Crippen molar-refractivity contribution < 1.29 is 19.7 Å². The first-order valence-electron chi connectivity index (χ1n) is 8.06. The number of aliphatic hydroxyl groups is 1. The predicted octanol–water partition coefficient (Wildman–Crippen LogP) is 1.57. The summed E-state index contributed by atoms with van der Waals surface area (Å²) in [7, 11) is 0. The second-order valence-electron chi connectivity index (χ2n) is 6.56. The van der Waals surface area contributed by atoms with E-state index in [4.69, 9.17) is 9.84 Å². The Labute approximate surface area is 144 Å². The number of allylic oxidation sites excluding steroid dienone is 1. The smallest absolute Gasteiger partial charge is 0.335 e. The number of aromatic carboxylic acids is 1. The minimum atomic E-state index is -0.960. The molecule has 3 aliphatic heterocycles. The average molecular weight is 328 g/mol. The number of hydrogen-bond donors (Lipinski definition) is 2. The fraction of sp³-hybridized carbons (Fsp3) is 0.500. The lowest BCUT2D eigenvalue weighted by Crippen LogP contribution is -2.61. The number of ether oxygens (including phenoxy) is 1. The van der Waals surface area contributed by atoms with E-state index in [-0.39, 0.29) is 26.5 Å². The molecule has 2 N–H and O–H groups in total. The number of nitrogens with zero attached hydrogens (tertiary/aromatic N) is 1. The first-order chi connectivity index (χ1) is 11.0. The van der Waals surface area contributed by atoms with Gasteiger partial charge < -0.3 is 19.8 Å². The van der Waals surface area contributed by atoms with Crippen LogP contribution in [0.15, 0.2) is 30.9 Å². The van der Waals surface area contributed by atoms with Crippen LogP contribution in [0.3, 0.4) is 0 Å². The number of piperidine rings is 3. The van der Waals surface area contributed by atoms with Gasteiger partial charge in [0.05, 0.1) is 5.56 Å². The molecule has 3 aliphatic rings. The molecule has 6 heteroatoms. The maximum atomic E-state index is 11.1. The third kappa shape index (κ3) is 3.65. The molecule has 0 aliphatic carbocycles. The normalized spacial score (nSPS) is 28.0. The van der Waals surface area contributed by atoms with Crippen LogP contribution in [0.5, 0.6) is 5.75 Å². The molecule has 3 heterocycles. The van der Waals surface area contributed by atoms with Gasteiger partial charge in [-0.3, -0.25) is 0 Å². The summed E-state index contributed by atoms with van der Waals surface area (Å²) in [4.78, 5) is 13.4. The maximum absolute atomic E-state index is 11.1. The SMILES string of the molecule is C=CCc1cc(C(=O)O)ccc1OCC1(O)CN2CCC1CC2.[B]. The minimum Gasteiger partial charge on any atom is -0.490 e. The first-order valence-corrected chi connectivity index (χ1v) is 8.06. The molecule has 1 aromatic carbocycles. The second kappa shape index (κ2) is 7.41. The van der Waals surface area contributed by atoms with Crippen LogP contribution in [0.4, 0.5) is 0 Å². The molecule has 5 nitrogen and oxygen atoms in total. The van der Waals surface area contributed by atoms with E-state index in [0.29, 0.717) is 18.7 Å². The van der Waals surface area contributed by atoms with Crippen molar-refractivity contribution in [3.8, 4) is 5.75 Å². The van der Waals surface area contributed by atoms with Crippen LogP contribution < -0.4 is 4.74 Å². The van der Waals surface area contributed by atoms with Crippen LogP contribution in [-0.2, 0) is 6.42 Å². The van der Waals surface area contributed by atoms with Gasteiger partial charge in [-0.15, -0.1) is 6.58 Å². The van der Waals surface area contributed by atoms with E-state index < -0.39 is 11.6 Å². The van der Waals surface area contributed by atoms with Crippen molar-refractivity contribution in [2.45, 2.75) is 24.9 Å². The number of hydrogen-bond acceptors (Lipinski definition) is 4. The van der Waals surface area contributed by atoms with Crippen LogP contribution in [0.1, 0.15) is 28.8 Å². The summed E-state index contributed by atoms with van der Waals surface area (Å²) in [6, 6.07) is 4.82. The van der Waals surface area contributed by atoms with Gasteiger partial charge in [0, 0.05) is 15.0 Å². The average Bonchev–Trinajstić information content (AvgIpc) is 2.54. The quantitative estimate of drug-likeness (QED) is 0.613. The standard InChI is InChI=1S/C18H23NO4.B/c1-2-3-13-10-14(17(20)21)4-5-16(13)23-12-18(22)11-19-8-6-15(18)7-9-19;/h2,4-5,10,15,22H,1,3,6-9,11-12H2,(H,20,21);. The molecule has 2 bridgehead atoms. The van der Waals surface area contributed by atoms with Gasteiger partial charge in [-0.25, -0.2) is 4.79 Å². The molecule has 0 aromatic heterocycles. The van der Waals surface area contributed by atoms with Gasteiger partial charge in [0.15, 0.2) is 0 Å². The van der Waals surface area contributed by atoms with Crippen molar-refractivity contribution in [3.05, 3.63) is 42.0 Å². The van der Waals surface area contributed by atoms with E-state index in [0.717, 1.165) is 31.5 Å². The molecular weight excluding hydrogens is 305 g/mol. The molecule has 3 radical (unpaired) electrons. The number of rotatable bonds is 6. The maximum Gasteiger partial charge on any atom is 0.335 e. The lowest BCUT2D eigenvalue weighted by molar-refractivity contribution is -0.131. The molecule has 0 saturated carbocycles. The largest absolute Gasteiger partial charge is 0.490 e. The molecule has 1 aromatic rings. The zero-order valence-electron chi connectivity index (χ0n) is 13.8. The summed E-state index contributed by atoms with van der Waals surface area (Å²) < 4.78 is 5.90. The Morgan fingerprint density at radius 3 is 2.67 bits per heavy atom. The zero-order valence-corrected chi connectivity index (χ0v) is 13.8. The van der Waals surface area contributed by atoms with Gasteiger partial charge in [0.25, 0.3) is 0 Å². The van der Waals surface area contributed by atoms with Crippen molar-refractivity contribution in [3.63, 3.8) is 0 Å². The van der Waals surface area contributed by atoms with Crippen LogP contribution in [-0.4, -0.2) is 61.3 Å². The third-order valence-corrected chi connectivity index (χ3v) is 4.99. The van der Waals surface area contributed by atoms with Crippen LogP contribution in [0.2, 0.25) is 0 Å². The highest BCUT2D eigenvalue weighted by Gasteiger charge is 2.46. The number of carboxylic acids is 1. The summed E-state index contributed by atoms with van der Waals surface area (Å²) in [5.74, 6) is -0.0497. The fourth-order valence-corrected chi connectivity index (χ4v) is 3.68. The fourth-order valence-electron chi connectivity index (χ4n) is 3.68. The Morgan fingerprint density at radius 1 is 1.42 bits per heavy atom. The van der Waals surface area contributed by atoms with Crippen molar-refractivity contribution in [2.75, 3.05) is 26.2 Å². The molecule has 24 heavy (non-hydrogen) atoms. The van der Waals surface area contributed by atoms with Crippen LogP contribution in [0.25, 0.3) is 0 Å². The first kappa shape index (κ1) is 18.6. The molecule has 0 amide bonds. The summed E-state index contributed by atoms with van der Waals surface area (Å²) >= 11 is 0. The third-order valence-electron chi connectivity index (χ3n) is 4.99. The van der Waals surface area contributed by atoms with Crippen molar-refractivity contribution >= 4 is 14.4 Å². The topological polar surface area (TPSA) is 70.0 Å². The summed E-state index contributed by atoms with van der Waals surface area (Å²) in [6.07, 6.45) is 4.27. The highest BCUT2D eigenvalue weighted by atomic mass is 16.5. The van der Waals surface area contributed by atoms with E-state index in [1.165, 1.54) is 6.07 Å². The van der Waals surface area contributed by atoms with Gasteiger partial charge in [-0.1, -0.05) is 6.08 Å². The molecule has 3 saturated heterocycles. The Hall–Kier alpha value is -1.79. The Kier molecular flexibility index (Phi) is 5.72. The molecule has 1 unspecified atom stereocenters. The van der Waals surface area contributed by atoms with E-state index in [9.17, 15) is 9.90 Å². The molecular formula is C18H23BNO4. The predicted molar refractivity (Wildman–Crippen MR) is 92.7 cm³/mol. The summed E-state index contributed by atoms with van der Waals surface area (Å²) in [5, 5.41) is 20.0. The van der Waals surface area contributed by atoms with E-state index >= 15 is 0 Å². The van der Waals surface area contributed by atoms with Crippen molar-refractivity contribution in [1.82, 2.24) is 4.90 Å². The van der Waals surface area contributed by atoms with Gasteiger partial charge in [0.2, 0.25) is 0 Å². The number of carbonyl (C=O) groups is 1. The molecule has 1 atom stereocenters. The summed E-state index contributed by atoms with van der Waals surface area (Å²) in [6.45, 7) is 6.72. The van der Waals surface area contributed by atoms with Crippen molar-refractivity contribution in [1.29, 1.82) is 0 Å². The Bertz CT molecular complexity index is 613. The minimum absolute atomic E-state index is 0. The monoisotopic (exact) mass is 328 g/mol. The Morgan fingerprint density at radius 2 is 2.12 bits per heavy atom. The van der Waals surface area contributed by atoms with Gasteiger partial charge in [-0.05, 0) is 62.0 Å². The number of benzene rings is 1.